The molecule has 1 aliphatic carbocycles. The van der Waals surface area contributed by atoms with Gasteiger partial charge in [-0.2, -0.15) is 0 Å². The number of esters is 1. The van der Waals surface area contributed by atoms with E-state index in [1.165, 1.54) is 11.1 Å². The van der Waals surface area contributed by atoms with Gasteiger partial charge in [-0.05, 0) is 47.8 Å². The zero-order valence-corrected chi connectivity index (χ0v) is 20.3. The molecule has 2 rings (SSSR count). The molecule has 1 aliphatic rings. The molecule has 0 aromatic heterocycles. The van der Waals surface area contributed by atoms with Crippen molar-refractivity contribution >= 4 is 11.8 Å². The largest absolute Gasteiger partial charge is 0.466 e. The van der Waals surface area contributed by atoms with E-state index in [1.807, 2.05) is 6.92 Å². The predicted octanol–water partition coefficient (Wildman–Crippen LogP) is 5.29. The van der Waals surface area contributed by atoms with Gasteiger partial charge in [0.2, 0.25) is 0 Å². The minimum absolute atomic E-state index is 0.0173. The second-order valence-corrected chi connectivity index (χ2v) is 11.1. The van der Waals surface area contributed by atoms with Gasteiger partial charge in [0.25, 0.3) is 0 Å². The molecule has 0 bridgehead atoms. The van der Waals surface area contributed by atoms with Crippen LogP contribution in [0.4, 0.5) is 0 Å². The third kappa shape index (κ3) is 4.96. The summed E-state index contributed by atoms with van der Waals surface area (Å²) in [6, 6.07) is 6.49. The van der Waals surface area contributed by atoms with Crippen LogP contribution in [0, 0.1) is 11.8 Å². The lowest BCUT2D eigenvalue weighted by atomic mass is 9.60. The fourth-order valence-electron chi connectivity index (χ4n) is 4.66. The molecule has 0 heterocycles. The normalized spacial score (nSPS) is 27.8. The molecule has 1 N–H and O–H groups in total. The van der Waals surface area contributed by atoms with Crippen molar-refractivity contribution in [3.05, 3.63) is 34.9 Å². The molecule has 1 aromatic rings. The Morgan fingerprint density at radius 3 is 1.97 bits per heavy atom. The van der Waals surface area contributed by atoms with E-state index in [0.29, 0.717) is 6.42 Å². The average Bonchev–Trinajstić information content (AvgIpc) is 2.58. The lowest BCUT2D eigenvalue weighted by Crippen LogP contribution is -2.53. The summed E-state index contributed by atoms with van der Waals surface area (Å²) < 4.78 is 5.38. The Hall–Kier alpha value is -1.68. The summed E-state index contributed by atoms with van der Waals surface area (Å²) in [5.41, 5.74) is 1.68. The topological polar surface area (TPSA) is 63.6 Å². The summed E-state index contributed by atoms with van der Waals surface area (Å²) >= 11 is 0. The van der Waals surface area contributed by atoms with Crippen LogP contribution in [0.3, 0.4) is 0 Å². The van der Waals surface area contributed by atoms with E-state index in [9.17, 15) is 14.7 Å². The van der Waals surface area contributed by atoms with E-state index in [2.05, 4.69) is 59.7 Å². The predicted molar refractivity (Wildman–Crippen MR) is 121 cm³/mol. The second-order valence-electron chi connectivity index (χ2n) is 11.1. The zero-order chi connectivity index (χ0) is 23.1. The van der Waals surface area contributed by atoms with E-state index in [4.69, 9.17) is 4.74 Å². The quantitative estimate of drug-likeness (QED) is 0.677. The first-order chi connectivity index (χ1) is 13.6. The van der Waals surface area contributed by atoms with Gasteiger partial charge in [-0.15, -0.1) is 0 Å². The monoisotopic (exact) mass is 416 g/mol. The zero-order valence-electron chi connectivity index (χ0n) is 20.3. The van der Waals surface area contributed by atoms with Crippen LogP contribution in [0.25, 0.3) is 0 Å². The van der Waals surface area contributed by atoms with Gasteiger partial charge >= 0.3 is 5.97 Å². The number of Topliss-reactive ketones (excluding diaryl/α,β-unsaturated/α-hetero) is 1. The minimum Gasteiger partial charge on any atom is -0.466 e. The highest BCUT2D eigenvalue weighted by molar-refractivity contribution is 5.88. The molecule has 4 atom stereocenters. The van der Waals surface area contributed by atoms with Crippen LogP contribution in [0.15, 0.2) is 18.2 Å². The molecule has 0 saturated heterocycles. The maximum atomic E-state index is 13.0. The lowest BCUT2D eigenvalue weighted by molar-refractivity contribution is -0.167. The van der Waals surface area contributed by atoms with E-state index < -0.39 is 23.4 Å². The van der Waals surface area contributed by atoms with Crippen molar-refractivity contribution in [2.45, 2.75) is 97.5 Å². The molecule has 0 spiro atoms. The fraction of sp³-hybridized carbons (Fsp3) is 0.692. The molecule has 30 heavy (non-hydrogen) atoms. The van der Waals surface area contributed by atoms with Gasteiger partial charge in [-0.1, -0.05) is 66.7 Å². The number of rotatable bonds is 4. The Morgan fingerprint density at radius 1 is 1.07 bits per heavy atom. The molecule has 4 nitrogen and oxygen atoms in total. The van der Waals surface area contributed by atoms with Crippen LogP contribution in [-0.2, 0) is 25.2 Å². The van der Waals surface area contributed by atoms with Crippen molar-refractivity contribution < 1.29 is 19.4 Å². The number of carbonyl (C=O) groups is 2. The first-order valence-corrected chi connectivity index (χ1v) is 11.2. The minimum atomic E-state index is -1.43. The highest BCUT2D eigenvalue weighted by Gasteiger charge is 2.54. The Morgan fingerprint density at radius 2 is 1.57 bits per heavy atom. The molecule has 1 aromatic carbocycles. The standard InChI is InChI=1S/C26H40O4/c1-10-19-20(27)15-26(9,29)22(23(28)30-11-2)21(19)16-12-17(24(3,4)5)14-18(13-16)25(6,7)8/h12-14,19,21-22,29H,10-11,15H2,1-9H3. The Labute approximate surface area is 182 Å². The molecule has 0 radical (unpaired) electrons. The fourth-order valence-corrected chi connectivity index (χ4v) is 4.66. The van der Waals surface area contributed by atoms with Crippen LogP contribution in [-0.4, -0.2) is 29.1 Å². The summed E-state index contributed by atoms with van der Waals surface area (Å²) in [4.78, 5) is 26.0. The first kappa shape index (κ1) is 24.6. The number of aliphatic hydroxyl groups is 1. The van der Waals surface area contributed by atoms with Crippen LogP contribution in [0.1, 0.15) is 97.8 Å². The van der Waals surface area contributed by atoms with Crippen molar-refractivity contribution in [1.29, 1.82) is 0 Å². The number of hydrogen-bond donors (Lipinski definition) is 1. The van der Waals surface area contributed by atoms with Crippen LogP contribution in [0.5, 0.6) is 0 Å². The molecular weight excluding hydrogens is 376 g/mol. The van der Waals surface area contributed by atoms with E-state index in [1.54, 1.807) is 13.8 Å². The third-order valence-electron chi connectivity index (χ3n) is 6.46. The van der Waals surface area contributed by atoms with Crippen molar-refractivity contribution in [2.75, 3.05) is 6.61 Å². The summed E-state index contributed by atoms with van der Waals surface area (Å²) in [6.45, 7) is 18.6. The molecule has 168 valence electrons. The summed E-state index contributed by atoms with van der Waals surface area (Å²) in [5.74, 6) is -1.90. The molecule has 0 aliphatic heterocycles. The van der Waals surface area contributed by atoms with Gasteiger partial charge in [0.1, 0.15) is 5.78 Å². The molecular formula is C26H40O4. The summed E-state index contributed by atoms with van der Waals surface area (Å²) in [5, 5.41) is 11.2. The Balaban J connectivity index is 2.79. The van der Waals surface area contributed by atoms with Crippen molar-refractivity contribution in [3.8, 4) is 0 Å². The Bertz CT molecular complexity index is 760. The van der Waals surface area contributed by atoms with Gasteiger partial charge in [0, 0.05) is 18.3 Å². The summed E-state index contributed by atoms with van der Waals surface area (Å²) in [6.07, 6.45) is 0.608. The van der Waals surface area contributed by atoms with Gasteiger partial charge in [0.15, 0.2) is 0 Å². The number of ketones is 1. The average molecular weight is 417 g/mol. The number of benzene rings is 1. The van der Waals surface area contributed by atoms with E-state index in [-0.39, 0.29) is 35.6 Å². The first-order valence-electron chi connectivity index (χ1n) is 11.2. The molecule has 4 heteroatoms. The van der Waals surface area contributed by atoms with Gasteiger partial charge in [0.05, 0.1) is 18.1 Å². The highest BCUT2D eigenvalue weighted by Crippen LogP contribution is 2.48. The number of hydrogen-bond acceptors (Lipinski definition) is 4. The SMILES string of the molecule is CCOC(=O)C1C(c2cc(C(C)(C)C)cc(C(C)(C)C)c2)C(CC)C(=O)CC1(C)O. The van der Waals surface area contributed by atoms with Gasteiger partial charge in [-0.3, -0.25) is 9.59 Å². The van der Waals surface area contributed by atoms with E-state index >= 15 is 0 Å². The summed E-state index contributed by atoms with van der Waals surface area (Å²) in [7, 11) is 0. The molecule has 1 saturated carbocycles. The van der Waals surface area contributed by atoms with Crippen LogP contribution < -0.4 is 0 Å². The Kier molecular flexibility index (Phi) is 6.93. The van der Waals surface area contributed by atoms with Crippen molar-refractivity contribution in [3.63, 3.8) is 0 Å². The smallest absolute Gasteiger partial charge is 0.312 e. The van der Waals surface area contributed by atoms with Crippen LogP contribution in [0.2, 0.25) is 0 Å². The van der Waals surface area contributed by atoms with Crippen molar-refractivity contribution in [1.82, 2.24) is 0 Å². The number of carbonyl (C=O) groups excluding carboxylic acids is 2. The van der Waals surface area contributed by atoms with E-state index in [0.717, 1.165) is 5.56 Å². The van der Waals surface area contributed by atoms with Gasteiger partial charge < -0.3 is 9.84 Å². The van der Waals surface area contributed by atoms with Crippen molar-refractivity contribution in [2.24, 2.45) is 11.8 Å². The molecule has 0 amide bonds. The molecule has 4 unspecified atom stereocenters. The van der Waals surface area contributed by atoms with Crippen LogP contribution >= 0.6 is 0 Å². The molecule has 1 fully saturated rings. The second kappa shape index (κ2) is 8.45. The third-order valence-corrected chi connectivity index (χ3v) is 6.46. The maximum Gasteiger partial charge on any atom is 0.312 e. The number of ether oxygens (including phenoxy) is 1. The highest BCUT2D eigenvalue weighted by atomic mass is 16.5. The lowest BCUT2D eigenvalue weighted by Gasteiger charge is -2.45. The maximum absolute atomic E-state index is 13.0. The van der Waals surface area contributed by atoms with Gasteiger partial charge in [-0.25, -0.2) is 0 Å².